The molecular formula is C7H18ClNO2. The topological polar surface area (TPSA) is 44.5 Å². The molecule has 0 rings (SSSR count). The van der Waals surface area contributed by atoms with Crippen LogP contribution < -0.4 is 5.73 Å². The molecule has 4 heteroatoms. The third-order valence-electron chi connectivity index (χ3n) is 1.48. The van der Waals surface area contributed by atoms with Gasteiger partial charge in [0.05, 0.1) is 13.2 Å². The number of nitrogens with two attached hydrogens (primary N) is 1. The Morgan fingerprint density at radius 3 is 1.73 bits per heavy atom. The summed E-state index contributed by atoms with van der Waals surface area (Å²) < 4.78 is 9.98. The van der Waals surface area contributed by atoms with E-state index in [2.05, 4.69) is 0 Å². The zero-order valence-electron chi connectivity index (χ0n) is 7.42. The maximum atomic E-state index is 5.52. The Bertz CT molecular complexity index is 84.5. The SMILES string of the molecule is COCC(C)(CN)COC.Cl. The molecule has 0 bridgehead atoms. The number of halogens is 1. The lowest BCUT2D eigenvalue weighted by molar-refractivity contribution is 0.0278. The van der Waals surface area contributed by atoms with Gasteiger partial charge >= 0.3 is 0 Å². The third kappa shape index (κ3) is 5.44. The molecule has 3 nitrogen and oxygen atoms in total. The first kappa shape index (κ1) is 13.7. The summed E-state index contributed by atoms with van der Waals surface area (Å²) in [6, 6.07) is 0. The molecule has 0 unspecified atom stereocenters. The Labute approximate surface area is 74.6 Å². The van der Waals surface area contributed by atoms with Gasteiger partial charge in [-0.15, -0.1) is 12.4 Å². The van der Waals surface area contributed by atoms with Gasteiger partial charge in [0.15, 0.2) is 0 Å². The molecule has 0 saturated heterocycles. The van der Waals surface area contributed by atoms with E-state index in [4.69, 9.17) is 15.2 Å². The molecule has 0 aromatic rings. The molecule has 0 aliphatic carbocycles. The van der Waals surface area contributed by atoms with Gasteiger partial charge in [0.25, 0.3) is 0 Å². The summed E-state index contributed by atoms with van der Waals surface area (Å²) in [4.78, 5) is 0. The van der Waals surface area contributed by atoms with Crippen LogP contribution >= 0.6 is 12.4 Å². The van der Waals surface area contributed by atoms with Crippen LogP contribution in [0.5, 0.6) is 0 Å². The van der Waals surface area contributed by atoms with Crippen molar-refractivity contribution >= 4 is 12.4 Å². The molecule has 0 aromatic carbocycles. The monoisotopic (exact) mass is 183 g/mol. The quantitative estimate of drug-likeness (QED) is 0.682. The summed E-state index contributed by atoms with van der Waals surface area (Å²) in [5.41, 5.74) is 5.49. The van der Waals surface area contributed by atoms with Gasteiger partial charge in [0.1, 0.15) is 0 Å². The van der Waals surface area contributed by atoms with Gasteiger partial charge < -0.3 is 15.2 Å². The van der Waals surface area contributed by atoms with Crippen LogP contribution in [0, 0.1) is 5.41 Å². The zero-order valence-corrected chi connectivity index (χ0v) is 8.24. The van der Waals surface area contributed by atoms with Gasteiger partial charge in [-0.05, 0) is 0 Å². The van der Waals surface area contributed by atoms with Crippen LogP contribution in [0.15, 0.2) is 0 Å². The van der Waals surface area contributed by atoms with E-state index in [1.54, 1.807) is 14.2 Å². The Morgan fingerprint density at radius 2 is 1.55 bits per heavy atom. The van der Waals surface area contributed by atoms with Crippen molar-refractivity contribution < 1.29 is 9.47 Å². The van der Waals surface area contributed by atoms with E-state index in [1.807, 2.05) is 6.92 Å². The Morgan fingerprint density at radius 1 is 1.18 bits per heavy atom. The van der Waals surface area contributed by atoms with E-state index in [1.165, 1.54) is 0 Å². The van der Waals surface area contributed by atoms with E-state index < -0.39 is 0 Å². The van der Waals surface area contributed by atoms with Crippen molar-refractivity contribution in [3.8, 4) is 0 Å². The maximum absolute atomic E-state index is 5.52. The predicted octanol–water partition coefficient (Wildman–Crippen LogP) is 0.666. The van der Waals surface area contributed by atoms with Crippen LogP contribution in [-0.4, -0.2) is 34.0 Å². The predicted molar refractivity (Wildman–Crippen MR) is 48.2 cm³/mol. The van der Waals surface area contributed by atoms with Crippen LogP contribution in [0.25, 0.3) is 0 Å². The van der Waals surface area contributed by atoms with Crippen molar-refractivity contribution in [2.45, 2.75) is 6.92 Å². The Hall–Kier alpha value is 0.170. The van der Waals surface area contributed by atoms with Gasteiger partial charge in [0.2, 0.25) is 0 Å². The molecule has 0 aliphatic rings. The highest BCUT2D eigenvalue weighted by Gasteiger charge is 2.21. The average Bonchev–Trinajstić information content (AvgIpc) is 1.89. The molecule has 0 amide bonds. The largest absolute Gasteiger partial charge is 0.384 e. The molecule has 0 heterocycles. The van der Waals surface area contributed by atoms with E-state index in [-0.39, 0.29) is 17.8 Å². The number of hydrogen-bond acceptors (Lipinski definition) is 3. The fraction of sp³-hybridized carbons (Fsp3) is 1.00. The van der Waals surface area contributed by atoms with Crippen molar-refractivity contribution in [2.24, 2.45) is 11.1 Å². The highest BCUT2D eigenvalue weighted by molar-refractivity contribution is 5.85. The van der Waals surface area contributed by atoms with Crippen LogP contribution in [0.4, 0.5) is 0 Å². The number of ether oxygens (including phenoxy) is 2. The summed E-state index contributed by atoms with van der Waals surface area (Å²) in [6.07, 6.45) is 0. The van der Waals surface area contributed by atoms with Crippen molar-refractivity contribution in [1.29, 1.82) is 0 Å². The molecule has 70 valence electrons. The molecule has 0 atom stereocenters. The normalized spacial score (nSPS) is 10.9. The smallest absolute Gasteiger partial charge is 0.0550 e. The summed E-state index contributed by atoms with van der Waals surface area (Å²) in [6.45, 7) is 3.93. The summed E-state index contributed by atoms with van der Waals surface area (Å²) in [7, 11) is 3.34. The minimum Gasteiger partial charge on any atom is -0.384 e. The summed E-state index contributed by atoms with van der Waals surface area (Å²) in [5, 5.41) is 0. The van der Waals surface area contributed by atoms with Crippen molar-refractivity contribution in [3.05, 3.63) is 0 Å². The second-order valence-corrected chi connectivity index (χ2v) is 2.88. The highest BCUT2D eigenvalue weighted by Crippen LogP contribution is 2.13. The van der Waals surface area contributed by atoms with Gasteiger partial charge in [-0.25, -0.2) is 0 Å². The minimum atomic E-state index is -0.0243. The first-order chi connectivity index (χ1) is 4.68. The number of hydrogen-bond donors (Lipinski definition) is 1. The fourth-order valence-corrected chi connectivity index (χ4v) is 0.856. The summed E-state index contributed by atoms with van der Waals surface area (Å²) >= 11 is 0. The minimum absolute atomic E-state index is 0. The van der Waals surface area contributed by atoms with E-state index >= 15 is 0 Å². The van der Waals surface area contributed by atoms with Crippen molar-refractivity contribution in [3.63, 3.8) is 0 Å². The third-order valence-corrected chi connectivity index (χ3v) is 1.48. The highest BCUT2D eigenvalue weighted by atomic mass is 35.5. The Balaban J connectivity index is 0. The van der Waals surface area contributed by atoms with Crippen molar-refractivity contribution in [1.82, 2.24) is 0 Å². The first-order valence-electron chi connectivity index (χ1n) is 3.36. The lowest BCUT2D eigenvalue weighted by Gasteiger charge is -2.25. The van der Waals surface area contributed by atoms with Crippen molar-refractivity contribution in [2.75, 3.05) is 34.0 Å². The average molecular weight is 184 g/mol. The molecule has 0 fully saturated rings. The molecule has 0 aliphatic heterocycles. The van der Waals surface area contributed by atoms with E-state index in [9.17, 15) is 0 Å². The molecule has 2 N–H and O–H groups in total. The van der Waals surface area contributed by atoms with E-state index in [0.29, 0.717) is 19.8 Å². The van der Waals surface area contributed by atoms with Gasteiger partial charge in [-0.2, -0.15) is 0 Å². The summed E-state index contributed by atoms with van der Waals surface area (Å²) in [5.74, 6) is 0. The van der Waals surface area contributed by atoms with Crippen LogP contribution in [0.3, 0.4) is 0 Å². The number of rotatable bonds is 5. The molecule has 11 heavy (non-hydrogen) atoms. The second kappa shape index (κ2) is 6.85. The van der Waals surface area contributed by atoms with Gasteiger partial charge in [0, 0.05) is 26.2 Å². The molecule has 0 saturated carbocycles. The molecular weight excluding hydrogens is 166 g/mol. The van der Waals surface area contributed by atoms with Crippen LogP contribution in [0.2, 0.25) is 0 Å². The standard InChI is InChI=1S/C7H17NO2.ClH/c1-7(4-8,5-9-2)6-10-3;/h4-6,8H2,1-3H3;1H. The van der Waals surface area contributed by atoms with E-state index in [0.717, 1.165) is 0 Å². The lowest BCUT2D eigenvalue weighted by Crippen LogP contribution is -2.36. The lowest BCUT2D eigenvalue weighted by atomic mass is 9.93. The first-order valence-corrected chi connectivity index (χ1v) is 3.36. The van der Waals surface area contributed by atoms with Gasteiger partial charge in [-0.3, -0.25) is 0 Å². The number of methoxy groups -OCH3 is 2. The zero-order chi connectivity index (χ0) is 8.04. The van der Waals surface area contributed by atoms with Gasteiger partial charge in [-0.1, -0.05) is 6.92 Å². The van der Waals surface area contributed by atoms with Crippen LogP contribution in [-0.2, 0) is 9.47 Å². The van der Waals surface area contributed by atoms with Crippen LogP contribution in [0.1, 0.15) is 6.92 Å². The molecule has 0 aromatic heterocycles. The second-order valence-electron chi connectivity index (χ2n) is 2.88. The molecule has 0 spiro atoms. The fourth-order valence-electron chi connectivity index (χ4n) is 0.856. The Kier molecular flexibility index (Phi) is 8.56. The maximum Gasteiger partial charge on any atom is 0.0550 e. The molecule has 0 radical (unpaired) electrons.